The second kappa shape index (κ2) is 5.81. The molecule has 0 saturated carbocycles. The van der Waals surface area contributed by atoms with Crippen molar-refractivity contribution in [2.24, 2.45) is 5.84 Å². The van der Waals surface area contributed by atoms with Gasteiger partial charge in [-0.2, -0.15) is 11.8 Å². The van der Waals surface area contributed by atoms with E-state index in [1.807, 2.05) is 11.8 Å². The number of fused-ring (bicyclic) bond motifs is 1. The van der Waals surface area contributed by atoms with Crippen molar-refractivity contribution in [3.63, 3.8) is 0 Å². The molecule has 3 nitrogen and oxygen atoms in total. The Hall–Kier alpha value is -0.590. The lowest BCUT2D eigenvalue weighted by molar-refractivity contribution is 0.217. The minimum atomic E-state index is 0.195. The lowest BCUT2D eigenvalue weighted by Crippen LogP contribution is -2.49. The Morgan fingerprint density at radius 2 is 2.32 bits per heavy atom. The summed E-state index contributed by atoms with van der Waals surface area (Å²) in [6.45, 7) is 1.13. The maximum atomic E-state index is 5.88. The summed E-state index contributed by atoms with van der Waals surface area (Å²) in [5.41, 5.74) is 4.38. The van der Waals surface area contributed by atoms with Crippen molar-refractivity contribution in [1.82, 2.24) is 10.3 Å². The van der Waals surface area contributed by atoms with Gasteiger partial charge in [0.05, 0.1) is 6.04 Å². The van der Waals surface area contributed by atoms with Crippen molar-refractivity contribution in [2.45, 2.75) is 12.1 Å². The van der Waals surface area contributed by atoms with Crippen LogP contribution in [0.25, 0.3) is 10.1 Å². The zero-order valence-electron chi connectivity index (χ0n) is 11.0. The van der Waals surface area contributed by atoms with Crippen molar-refractivity contribution >= 4 is 33.2 Å². The molecule has 2 heterocycles. The molecule has 0 aliphatic carbocycles. The van der Waals surface area contributed by atoms with E-state index < -0.39 is 0 Å². The summed E-state index contributed by atoms with van der Waals surface area (Å²) in [5, 5.41) is 3.47. The van der Waals surface area contributed by atoms with Crippen LogP contribution < -0.4 is 11.3 Å². The van der Waals surface area contributed by atoms with Crippen LogP contribution in [0.15, 0.2) is 29.6 Å². The molecule has 0 spiro atoms. The van der Waals surface area contributed by atoms with E-state index in [4.69, 9.17) is 5.84 Å². The molecule has 19 heavy (non-hydrogen) atoms. The average Bonchev–Trinajstić information content (AvgIpc) is 2.91. The molecule has 0 amide bonds. The molecule has 5 heteroatoms. The van der Waals surface area contributed by atoms with Crippen LogP contribution in [0.3, 0.4) is 0 Å². The second-order valence-electron chi connectivity index (χ2n) is 4.95. The molecule has 1 saturated heterocycles. The van der Waals surface area contributed by atoms with Gasteiger partial charge in [0.15, 0.2) is 0 Å². The monoisotopic (exact) mass is 293 g/mol. The van der Waals surface area contributed by atoms with Crippen LogP contribution in [0.5, 0.6) is 0 Å². The summed E-state index contributed by atoms with van der Waals surface area (Å²) < 4.78 is 1.36. The Kier molecular flexibility index (Phi) is 4.10. The Bertz CT molecular complexity index is 554. The Labute approximate surface area is 122 Å². The van der Waals surface area contributed by atoms with Crippen LogP contribution in [-0.4, -0.2) is 36.0 Å². The number of likely N-dealkylation sites (N-methyl/N-ethyl adjacent to an activating group) is 1. The molecule has 102 valence electrons. The van der Waals surface area contributed by atoms with E-state index in [0.29, 0.717) is 6.04 Å². The van der Waals surface area contributed by atoms with Crippen LogP contribution in [0, 0.1) is 0 Å². The summed E-state index contributed by atoms with van der Waals surface area (Å²) in [5.74, 6) is 8.22. The van der Waals surface area contributed by atoms with Gasteiger partial charge in [0.1, 0.15) is 0 Å². The average molecular weight is 293 g/mol. The first kappa shape index (κ1) is 13.4. The van der Waals surface area contributed by atoms with Crippen molar-refractivity contribution in [1.29, 1.82) is 0 Å². The van der Waals surface area contributed by atoms with Gasteiger partial charge in [-0.3, -0.25) is 16.2 Å². The van der Waals surface area contributed by atoms with Crippen molar-refractivity contribution in [3.05, 3.63) is 35.2 Å². The number of nitrogens with one attached hydrogen (secondary N) is 1. The maximum absolute atomic E-state index is 5.88. The number of hydrogen-bond acceptors (Lipinski definition) is 5. The Morgan fingerprint density at radius 1 is 1.42 bits per heavy atom. The fraction of sp³-hybridized carbons (Fsp3) is 0.429. The van der Waals surface area contributed by atoms with Gasteiger partial charge < -0.3 is 0 Å². The predicted octanol–water partition coefficient (Wildman–Crippen LogP) is 2.45. The van der Waals surface area contributed by atoms with Gasteiger partial charge in [-0.15, -0.1) is 11.3 Å². The highest BCUT2D eigenvalue weighted by Crippen LogP contribution is 2.33. The van der Waals surface area contributed by atoms with E-state index >= 15 is 0 Å². The molecule has 1 aromatic carbocycles. The van der Waals surface area contributed by atoms with Crippen molar-refractivity contribution < 1.29 is 0 Å². The molecule has 0 radical (unpaired) electrons. The number of thioether (sulfide) groups is 1. The molecular formula is C14H19N3S2. The molecule has 3 N–H and O–H groups in total. The maximum Gasteiger partial charge on any atom is 0.0637 e. The molecule has 2 unspecified atom stereocenters. The fourth-order valence-corrected chi connectivity index (χ4v) is 4.95. The van der Waals surface area contributed by atoms with E-state index in [-0.39, 0.29) is 6.04 Å². The highest BCUT2D eigenvalue weighted by molar-refractivity contribution is 7.99. The third kappa shape index (κ3) is 2.53. The molecule has 3 rings (SSSR count). The standard InChI is InChI=1S/C14H19N3S2/c1-17-6-8-18-9-12(17)13(16-15)11-4-2-3-10-5-7-19-14(10)11/h2-5,7,12-13,16H,6,8-9,15H2,1H3. The van der Waals surface area contributed by atoms with E-state index in [1.54, 1.807) is 11.3 Å². The van der Waals surface area contributed by atoms with Crippen LogP contribution >= 0.6 is 23.1 Å². The highest BCUT2D eigenvalue weighted by Gasteiger charge is 2.29. The van der Waals surface area contributed by atoms with Gasteiger partial charge in [-0.25, -0.2) is 0 Å². The van der Waals surface area contributed by atoms with Gasteiger partial charge >= 0.3 is 0 Å². The smallest absolute Gasteiger partial charge is 0.0637 e. The Morgan fingerprint density at radius 3 is 3.11 bits per heavy atom. The third-order valence-corrected chi connectivity index (χ3v) is 5.88. The quantitative estimate of drug-likeness (QED) is 0.674. The van der Waals surface area contributed by atoms with Gasteiger partial charge in [0, 0.05) is 28.8 Å². The van der Waals surface area contributed by atoms with Gasteiger partial charge in [-0.05, 0) is 29.4 Å². The molecule has 1 aromatic heterocycles. The normalized spacial score (nSPS) is 22.7. The number of hydrazine groups is 1. The van der Waals surface area contributed by atoms with E-state index in [1.165, 1.54) is 21.4 Å². The molecule has 2 atom stereocenters. The molecule has 2 aromatic rings. The summed E-state index contributed by atoms with van der Waals surface area (Å²) in [4.78, 5) is 2.42. The minimum absolute atomic E-state index is 0.195. The first-order valence-corrected chi connectivity index (χ1v) is 8.55. The SMILES string of the molecule is CN1CCSCC1C(NN)c1cccc2ccsc12. The van der Waals surface area contributed by atoms with E-state index in [0.717, 1.165) is 12.3 Å². The predicted molar refractivity (Wildman–Crippen MR) is 85.6 cm³/mol. The molecular weight excluding hydrogens is 274 g/mol. The summed E-state index contributed by atoms with van der Waals surface area (Å²) in [6, 6.07) is 9.33. The number of rotatable bonds is 3. The van der Waals surface area contributed by atoms with Crippen LogP contribution in [0.2, 0.25) is 0 Å². The van der Waals surface area contributed by atoms with Crippen LogP contribution in [0.1, 0.15) is 11.6 Å². The molecule has 1 aliphatic rings. The van der Waals surface area contributed by atoms with Gasteiger partial charge in [0.25, 0.3) is 0 Å². The first-order chi connectivity index (χ1) is 9.31. The zero-order valence-corrected chi connectivity index (χ0v) is 12.6. The number of thiophene rings is 1. The lowest BCUT2D eigenvalue weighted by Gasteiger charge is -2.37. The molecule has 0 bridgehead atoms. The summed E-state index contributed by atoms with van der Waals surface area (Å²) >= 11 is 3.82. The third-order valence-electron chi connectivity index (χ3n) is 3.85. The Balaban J connectivity index is 1.99. The van der Waals surface area contributed by atoms with Crippen molar-refractivity contribution in [3.8, 4) is 0 Å². The van der Waals surface area contributed by atoms with Gasteiger partial charge in [-0.1, -0.05) is 18.2 Å². The topological polar surface area (TPSA) is 41.3 Å². The lowest BCUT2D eigenvalue weighted by atomic mass is 9.98. The fourth-order valence-electron chi connectivity index (χ4n) is 2.73. The molecule has 1 fully saturated rings. The largest absolute Gasteiger partial charge is 0.300 e. The number of benzene rings is 1. The number of nitrogens with zero attached hydrogens (tertiary/aromatic N) is 1. The van der Waals surface area contributed by atoms with Crippen LogP contribution in [-0.2, 0) is 0 Å². The van der Waals surface area contributed by atoms with E-state index in [9.17, 15) is 0 Å². The highest BCUT2D eigenvalue weighted by atomic mass is 32.2. The summed E-state index contributed by atoms with van der Waals surface area (Å²) in [6.07, 6.45) is 0. The van der Waals surface area contributed by atoms with E-state index in [2.05, 4.69) is 47.0 Å². The number of hydrogen-bond donors (Lipinski definition) is 2. The molecule has 1 aliphatic heterocycles. The second-order valence-corrected chi connectivity index (χ2v) is 7.02. The van der Waals surface area contributed by atoms with Crippen LogP contribution in [0.4, 0.5) is 0 Å². The minimum Gasteiger partial charge on any atom is -0.300 e. The van der Waals surface area contributed by atoms with Crippen molar-refractivity contribution in [2.75, 3.05) is 25.1 Å². The zero-order chi connectivity index (χ0) is 13.2. The summed E-state index contributed by atoms with van der Waals surface area (Å²) in [7, 11) is 2.20. The van der Waals surface area contributed by atoms with Gasteiger partial charge in [0.2, 0.25) is 0 Å². The number of nitrogens with two attached hydrogens (primary N) is 1. The first-order valence-electron chi connectivity index (χ1n) is 6.51.